The van der Waals surface area contributed by atoms with Gasteiger partial charge in [-0.2, -0.15) is 26.3 Å². The molecular formula is C13H8F6N4O2. The van der Waals surface area contributed by atoms with Gasteiger partial charge in [0.05, 0.1) is 18.7 Å². The van der Waals surface area contributed by atoms with Gasteiger partial charge in [0.1, 0.15) is 6.54 Å². The molecule has 0 radical (unpaired) electrons. The van der Waals surface area contributed by atoms with Crippen molar-refractivity contribution < 1.29 is 30.8 Å². The largest absolute Gasteiger partial charge is 0.434 e. The highest BCUT2D eigenvalue weighted by Crippen LogP contribution is 2.39. The highest BCUT2D eigenvalue weighted by Gasteiger charge is 2.36. The number of nitrogens with one attached hydrogen (secondary N) is 1. The van der Waals surface area contributed by atoms with E-state index in [9.17, 15) is 31.1 Å². The van der Waals surface area contributed by atoms with Crippen LogP contribution in [0.1, 0.15) is 11.5 Å². The minimum atomic E-state index is -4.92. The molecule has 12 heteroatoms. The number of hydrogen-bond acceptors (Lipinski definition) is 4. The first kappa shape index (κ1) is 18.4. The third-order valence-electron chi connectivity index (χ3n) is 2.95. The first-order valence-electron chi connectivity index (χ1n) is 6.44. The molecule has 1 aromatic carbocycles. The van der Waals surface area contributed by atoms with E-state index in [0.29, 0.717) is 11.0 Å². The molecule has 1 aromatic heterocycles. The molecule has 134 valence electrons. The number of rotatable bonds is 4. The van der Waals surface area contributed by atoms with Gasteiger partial charge in [0.25, 0.3) is 0 Å². The van der Waals surface area contributed by atoms with Crippen LogP contribution in [0.3, 0.4) is 0 Å². The lowest BCUT2D eigenvalue weighted by Gasteiger charge is -2.25. The fourth-order valence-electron chi connectivity index (χ4n) is 1.99. The van der Waals surface area contributed by atoms with Crippen LogP contribution in [-0.4, -0.2) is 22.9 Å². The second kappa shape index (κ2) is 6.50. The lowest BCUT2D eigenvalue weighted by molar-refractivity contribution is -0.136. The maximum atomic E-state index is 13.0. The molecule has 0 unspecified atom stereocenters. The van der Waals surface area contributed by atoms with Gasteiger partial charge in [-0.3, -0.25) is 0 Å². The Bertz CT molecular complexity index is 846. The first-order valence-corrected chi connectivity index (χ1v) is 6.44. The molecule has 2 aromatic rings. The number of H-pyrrole nitrogens is 1. The van der Waals surface area contributed by atoms with Crippen molar-refractivity contribution in [2.24, 2.45) is 0 Å². The molecule has 0 aliphatic carbocycles. The Morgan fingerprint density at radius 3 is 2.40 bits per heavy atom. The van der Waals surface area contributed by atoms with Crippen molar-refractivity contribution >= 4 is 11.4 Å². The van der Waals surface area contributed by atoms with E-state index in [1.165, 1.54) is 0 Å². The molecule has 0 fully saturated rings. The van der Waals surface area contributed by atoms with Crippen molar-refractivity contribution in [2.75, 3.05) is 11.4 Å². The zero-order valence-corrected chi connectivity index (χ0v) is 12.1. The monoisotopic (exact) mass is 366 g/mol. The topological polar surface area (TPSA) is 66.5 Å². The molecule has 1 N–H and O–H groups in total. The molecule has 0 bridgehead atoms. The number of anilines is 1. The van der Waals surface area contributed by atoms with E-state index < -0.39 is 54.0 Å². The third-order valence-corrected chi connectivity index (χ3v) is 2.95. The van der Waals surface area contributed by atoms with Gasteiger partial charge in [0.2, 0.25) is 5.89 Å². The van der Waals surface area contributed by atoms with Crippen molar-refractivity contribution in [3.05, 3.63) is 51.6 Å². The molecule has 0 saturated carbocycles. The van der Waals surface area contributed by atoms with Gasteiger partial charge in [-0.1, -0.05) is 6.07 Å². The average molecular weight is 366 g/mol. The maximum absolute atomic E-state index is 13.0. The SMILES string of the molecule is [C-]#[N+]c1ccc(N(Cc2n[nH]c(=O)o2)CC(F)(F)F)cc1C(F)(F)F. The number of alkyl halides is 6. The van der Waals surface area contributed by atoms with Crippen LogP contribution in [0.4, 0.5) is 37.7 Å². The van der Waals surface area contributed by atoms with Gasteiger partial charge in [-0.25, -0.2) is 14.7 Å². The normalized spacial score (nSPS) is 12.0. The zero-order chi connectivity index (χ0) is 18.8. The fourth-order valence-corrected chi connectivity index (χ4v) is 1.99. The molecule has 6 nitrogen and oxygen atoms in total. The summed E-state index contributed by atoms with van der Waals surface area (Å²) >= 11 is 0. The Hall–Kier alpha value is -2.97. The third kappa shape index (κ3) is 4.75. The molecule has 0 aliphatic heterocycles. The van der Waals surface area contributed by atoms with Crippen LogP contribution in [-0.2, 0) is 12.7 Å². The molecule has 0 spiro atoms. The Morgan fingerprint density at radius 1 is 1.24 bits per heavy atom. The molecule has 1 heterocycles. The Labute approximate surface area is 135 Å². The predicted molar refractivity (Wildman–Crippen MR) is 71.9 cm³/mol. The van der Waals surface area contributed by atoms with Gasteiger partial charge in [-0.05, 0) is 12.1 Å². The van der Waals surface area contributed by atoms with E-state index in [2.05, 4.69) is 14.4 Å². The average Bonchev–Trinajstić information content (AvgIpc) is 2.89. The van der Waals surface area contributed by atoms with Crippen LogP contribution in [0.25, 0.3) is 4.85 Å². The molecule has 2 rings (SSSR count). The van der Waals surface area contributed by atoms with Crippen molar-refractivity contribution in [3.8, 4) is 0 Å². The van der Waals surface area contributed by atoms with Gasteiger partial charge in [-0.15, -0.1) is 5.10 Å². The minimum Gasteiger partial charge on any atom is -0.391 e. The second-order valence-electron chi connectivity index (χ2n) is 4.79. The summed E-state index contributed by atoms with van der Waals surface area (Å²) in [6.07, 6.45) is -9.66. The van der Waals surface area contributed by atoms with Crippen molar-refractivity contribution in [1.29, 1.82) is 0 Å². The van der Waals surface area contributed by atoms with Crippen LogP contribution in [0, 0.1) is 6.57 Å². The number of benzene rings is 1. The summed E-state index contributed by atoms with van der Waals surface area (Å²) in [4.78, 5) is 14.1. The summed E-state index contributed by atoms with van der Waals surface area (Å²) in [6.45, 7) is 4.42. The number of aromatic nitrogens is 2. The molecular weight excluding hydrogens is 358 g/mol. The predicted octanol–water partition coefficient (Wildman–Crippen LogP) is 3.50. The summed E-state index contributed by atoms with van der Waals surface area (Å²) in [5, 5.41) is 5.17. The van der Waals surface area contributed by atoms with Crippen LogP contribution in [0.5, 0.6) is 0 Å². The van der Waals surface area contributed by atoms with Crippen LogP contribution < -0.4 is 10.7 Å². The van der Waals surface area contributed by atoms with Crippen LogP contribution in [0.2, 0.25) is 0 Å². The van der Waals surface area contributed by atoms with E-state index >= 15 is 0 Å². The van der Waals surface area contributed by atoms with Crippen molar-refractivity contribution in [3.63, 3.8) is 0 Å². The number of hydrogen-bond donors (Lipinski definition) is 1. The lowest BCUT2D eigenvalue weighted by atomic mass is 10.1. The smallest absolute Gasteiger partial charge is 0.391 e. The molecule has 0 aliphatic rings. The van der Waals surface area contributed by atoms with E-state index in [-0.39, 0.29) is 0 Å². The maximum Gasteiger partial charge on any atom is 0.434 e. The molecule has 25 heavy (non-hydrogen) atoms. The number of aromatic amines is 1. The summed E-state index contributed by atoms with van der Waals surface area (Å²) in [7, 11) is 0. The highest BCUT2D eigenvalue weighted by molar-refractivity contribution is 5.62. The molecule has 0 atom stereocenters. The quantitative estimate of drug-likeness (QED) is 0.664. The van der Waals surface area contributed by atoms with Gasteiger partial charge < -0.3 is 9.32 Å². The lowest BCUT2D eigenvalue weighted by Crippen LogP contribution is -2.34. The summed E-state index contributed by atoms with van der Waals surface area (Å²) in [5.41, 5.74) is -2.56. The zero-order valence-electron chi connectivity index (χ0n) is 12.1. The van der Waals surface area contributed by atoms with Crippen molar-refractivity contribution in [1.82, 2.24) is 10.2 Å². The summed E-state index contributed by atoms with van der Waals surface area (Å²) in [6, 6.07) is 2.15. The minimum absolute atomic E-state index is 0.433. The van der Waals surface area contributed by atoms with Gasteiger partial charge in [0, 0.05) is 5.69 Å². The number of nitrogens with zero attached hydrogens (tertiary/aromatic N) is 3. The summed E-state index contributed by atoms with van der Waals surface area (Å²) in [5.74, 6) is -1.45. The van der Waals surface area contributed by atoms with E-state index in [4.69, 9.17) is 6.57 Å². The Kier molecular flexibility index (Phi) is 4.78. The second-order valence-corrected chi connectivity index (χ2v) is 4.79. The standard InChI is InChI=1S/C13H8F6N4O2/c1-20-9-3-2-7(4-8(9)13(17,18)19)23(6-12(14,15)16)5-10-21-22-11(24)25-10/h2-4H,5-6H2,(H,22,24). The Morgan fingerprint density at radius 2 is 1.92 bits per heavy atom. The van der Waals surface area contributed by atoms with Gasteiger partial charge in [0.15, 0.2) is 5.69 Å². The summed E-state index contributed by atoms with van der Waals surface area (Å²) < 4.78 is 81.7. The Balaban J connectivity index is 2.46. The highest BCUT2D eigenvalue weighted by atomic mass is 19.4. The van der Waals surface area contributed by atoms with E-state index in [0.717, 1.165) is 12.1 Å². The number of halogens is 6. The van der Waals surface area contributed by atoms with E-state index in [1.807, 2.05) is 5.10 Å². The molecule has 0 saturated heterocycles. The van der Waals surface area contributed by atoms with Crippen molar-refractivity contribution in [2.45, 2.75) is 18.9 Å². The fraction of sp³-hybridized carbons (Fsp3) is 0.308. The van der Waals surface area contributed by atoms with E-state index in [1.54, 1.807) is 0 Å². The van der Waals surface area contributed by atoms with Crippen LogP contribution >= 0.6 is 0 Å². The van der Waals surface area contributed by atoms with Gasteiger partial charge >= 0.3 is 18.1 Å². The first-order chi connectivity index (χ1) is 11.5. The van der Waals surface area contributed by atoms with Crippen LogP contribution in [0.15, 0.2) is 27.4 Å². The molecule has 0 amide bonds.